The monoisotopic (exact) mass is 895 g/mol. The number of aryl methyl sites for hydroxylation is 2. The first-order valence-electron chi connectivity index (χ1n) is 24.7. The summed E-state index contributed by atoms with van der Waals surface area (Å²) in [6.07, 6.45) is 0. The largest absolute Gasteiger partial charge is 0.354 e. The van der Waals surface area contributed by atoms with Crippen molar-refractivity contribution in [1.29, 1.82) is 0 Å². The van der Waals surface area contributed by atoms with Gasteiger partial charge >= 0.3 is 0 Å². The first-order chi connectivity index (χ1) is 34.2. The van der Waals surface area contributed by atoms with Crippen LogP contribution in [0.2, 0.25) is 0 Å². The number of nitrogens with zero attached hydrogens (tertiary/aromatic N) is 1. The Balaban J connectivity index is 1.14. The smallest absolute Gasteiger partial charge is 0.197 e. The molecule has 0 bridgehead atoms. The molecule has 2 nitrogen and oxygen atoms in total. The van der Waals surface area contributed by atoms with Crippen LogP contribution in [0.5, 0.6) is 0 Å². The molecule has 10 aromatic rings. The molecule has 1 N–H and O–H groups in total. The van der Waals surface area contributed by atoms with E-state index in [9.17, 15) is 0 Å². The van der Waals surface area contributed by atoms with Crippen LogP contribution in [0.4, 0.5) is 28.4 Å². The summed E-state index contributed by atoms with van der Waals surface area (Å²) in [5.41, 5.74) is 28.6. The number of hydrogen-bond acceptors (Lipinski definition) is 2. The summed E-state index contributed by atoms with van der Waals surface area (Å²) < 4.78 is 0. The van der Waals surface area contributed by atoms with Crippen molar-refractivity contribution in [1.82, 2.24) is 0 Å². The Morgan fingerprint density at radius 2 is 1.00 bits per heavy atom. The van der Waals surface area contributed by atoms with Gasteiger partial charge in [-0.25, -0.2) is 0 Å². The minimum atomic E-state index is -0.528. The zero-order chi connectivity index (χ0) is 47.3. The molecule has 0 saturated carbocycles. The molecule has 70 heavy (non-hydrogen) atoms. The molecular formula is C67H52BN2. The van der Waals surface area contributed by atoms with Crippen molar-refractivity contribution in [3.05, 3.63) is 257 Å². The molecule has 1 aliphatic carbocycles. The molecule has 2 aliphatic heterocycles. The lowest BCUT2D eigenvalue weighted by molar-refractivity contribution is 0.590. The van der Waals surface area contributed by atoms with Gasteiger partial charge in [-0.2, -0.15) is 0 Å². The first kappa shape index (κ1) is 42.0. The number of benzene rings is 10. The molecule has 13 rings (SSSR count). The summed E-state index contributed by atoms with van der Waals surface area (Å²) in [4.78, 5) is 2.58. The van der Waals surface area contributed by atoms with Crippen LogP contribution in [-0.4, -0.2) is 7.28 Å². The van der Waals surface area contributed by atoms with Crippen molar-refractivity contribution in [2.45, 2.75) is 45.4 Å². The molecule has 3 heteroatoms. The normalized spacial score (nSPS) is 13.5. The maximum Gasteiger partial charge on any atom is 0.197 e. The molecule has 3 aliphatic rings. The second-order valence-corrected chi connectivity index (χ2v) is 20.4. The fourth-order valence-corrected chi connectivity index (χ4v) is 12.1. The SMILES string of the molecule is Cc1cccc(C)c1-c1cc(-c2cccc3c2Nc2ccccc2C32c3ccccc3-c3ccccc32)c2c(c1)N(c1ccc(C(C)(C)C)cc1-c1ccccc1)c1cc(-c3ccccc3)ccc1[B]2. The van der Waals surface area contributed by atoms with Crippen molar-refractivity contribution < 1.29 is 0 Å². The molecule has 333 valence electrons. The van der Waals surface area contributed by atoms with E-state index in [-0.39, 0.29) is 5.41 Å². The van der Waals surface area contributed by atoms with Crippen LogP contribution in [0.25, 0.3) is 55.6 Å². The van der Waals surface area contributed by atoms with Gasteiger partial charge < -0.3 is 10.2 Å². The number of fused-ring (bicyclic) bond motifs is 11. The van der Waals surface area contributed by atoms with Gasteiger partial charge in [0, 0.05) is 28.2 Å². The van der Waals surface area contributed by atoms with Gasteiger partial charge in [0.1, 0.15) is 0 Å². The van der Waals surface area contributed by atoms with Gasteiger partial charge in [-0.1, -0.05) is 208 Å². The van der Waals surface area contributed by atoms with E-state index in [0.717, 1.165) is 28.4 Å². The fourth-order valence-electron chi connectivity index (χ4n) is 12.1. The minimum Gasteiger partial charge on any atom is -0.354 e. The van der Waals surface area contributed by atoms with E-state index in [2.05, 4.69) is 271 Å². The lowest BCUT2D eigenvalue weighted by atomic mass is 9.57. The number of anilines is 5. The third-order valence-electron chi connectivity index (χ3n) is 15.3. The molecule has 0 saturated heterocycles. The van der Waals surface area contributed by atoms with Gasteiger partial charge in [0.05, 0.1) is 16.8 Å². The van der Waals surface area contributed by atoms with Gasteiger partial charge in [-0.15, -0.1) is 0 Å². The Hall–Kier alpha value is -8.14. The summed E-state index contributed by atoms with van der Waals surface area (Å²) in [5, 5.41) is 4.12. The van der Waals surface area contributed by atoms with Crippen molar-refractivity contribution in [2.24, 2.45) is 0 Å². The second kappa shape index (κ2) is 16.0. The maximum atomic E-state index is 4.12. The molecular weight excluding hydrogens is 844 g/mol. The Morgan fingerprint density at radius 1 is 0.414 bits per heavy atom. The van der Waals surface area contributed by atoms with Gasteiger partial charge in [0.25, 0.3) is 0 Å². The zero-order valence-electron chi connectivity index (χ0n) is 40.3. The predicted molar refractivity (Wildman–Crippen MR) is 297 cm³/mol. The molecule has 2 heterocycles. The van der Waals surface area contributed by atoms with Crippen molar-refractivity contribution >= 4 is 46.6 Å². The number of para-hydroxylation sites is 2. The van der Waals surface area contributed by atoms with Crippen molar-refractivity contribution in [2.75, 3.05) is 10.2 Å². The quantitative estimate of drug-likeness (QED) is 0.173. The van der Waals surface area contributed by atoms with Crippen LogP contribution in [-0.2, 0) is 10.8 Å². The van der Waals surface area contributed by atoms with E-state index in [0.29, 0.717) is 0 Å². The Morgan fingerprint density at radius 3 is 1.70 bits per heavy atom. The summed E-state index contributed by atoms with van der Waals surface area (Å²) in [6.45, 7) is 11.4. The predicted octanol–water partition coefficient (Wildman–Crippen LogP) is 16.1. The Kier molecular flexibility index (Phi) is 9.58. The second-order valence-electron chi connectivity index (χ2n) is 20.4. The van der Waals surface area contributed by atoms with E-state index >= 15 is 0 Å². The van der Waals surface area contributed by atoms with Crippen molar-refractivity contribution in [3.8, 4) is 55.6 Å². The third kappa shape index (κ3) is 6.34. The molecule has 0 fully saturated rings. The molecule has 0 amide bonds. The van der Waals surface area contributed by atoms with Crippen LogP contribution in [0.3, 0.4) is 0 Å². The summed E-state index contributed by atoms with van der Waals surface area (Å²) >= 11 is 0. The lowest BCUT2D eigenvalue weighted by Crippen LogP contribution is -2.41. The Bertz CT molecular complexity index is 3660. The molecule has 0 aromatic heterocycles. The maximum absolute atomic E-state index is 4.12. The highest BCUT2D eigenvalue weighted by Crippen LogP contribution is 2.62. The van der Waals surface area contributed by atoms with Gasteiger partial charge in [0.15, 0.2) is 7.28 Å². The third-order valence-corrected chi connectivity index (χ3v) is 15.3. The topological polar surface area (TPSA) is 15.3 Å². The van der Waals surface area contributed by atoms with E-state index in [1.807, 2.05) is 0 Å². The average molecular weight is 896 g/mol. The molecule has 1 radical (unpaired) electrons. The highest BCUT2D eigenvalue weighted by molar-refractivity contribution is 6.73. The van der Waals surface area contributed by atoms with Crippen molar-refractivity contribution in [3.63, 3.8) is 0 Å². The molecule has 10 aromatic carbocycles. The van der Waals surface area contributed by atoms with Gasteiger partial charge in [0.2, 0.25) is 0 Å². The van der Waals surface area contributed by atoms with E-state index in [1.54, 1.807) is 0 Å². The molecule has 0 unspecified atom stereocenters. The van der Waals surface area contributed by atoms with E-state index < -0.39 is 5.41 Å². The minimum absolute atomic E-state index is 0.0491. The van der Waals surface area contributed by atoms with Crippen LogP contribution in [0.15, 0.2) is 218 Å². The number of rotatable bonds is 5. The van der Waals surface area contributed by atoms with Crippen LogP contribution >= 0.6 is 0 Å². The molecule has 1 spiro atoms. The van der Waals surface area contributed by atoms with Crippen LogP contribution in [0.1, 0.15) is 59.7 Å². The summed E-state index contributed by atoms with van der Waals surface area (Å²) in [6, 6.07) is 81.8. The molecule has 0 atom stereocenters. The average Bonchev–Trinajstić information content (AvgIpc) is 3.68. The Labute approximate surface area is 413 Å². The first-order valence-corrected chi connectivity index (χ1v) is 24.7. The fraction of sp³-hybridized carbons (Fsp3) is 0.104. The van der Waals surface area contributed by atoms with Gasteiger partial charge in [-0.3, -0.25) is 0 Å². The summed E-state index contributed by atoms with van der Waals surface area (Å²) in [7, 11) is 2.46. The summed E-state index contributed by atoms with van der Waals surface area (Å²) in [5.74, 6) is 0. The zero-order valence-corrected chi connectivity index (χ0v) is 40.3. The van der Waals surface area contributed by atoms with E-state index in [4.69, 9.17) is 0 Å². The van der Waals surface area contributed by atoms with Gasteiger partial charge in [-0.05, 0) is 145 Å². The van der Waals surface area contributed by atoms with Crippen LogP contribution < -0.4 is 21.1 Å². The highest BCUT2D eigenvalue weighted by atomic mass is 15.2. The van der Waals surface area contributed by atoms with Crippen LogP contribution in [0, 0.1) is 13.8 Å². The van der Waals surface area contributed by atoms with E-state index in [1.165, 1.54) is 106 Å². The number of hydrogen-bond donors (Lipinski definition) is 1. The highest BCUT2D eigenvalue weighted by Gasteiger charge is 2.50. The lowest BCUT2D eigenvalue weighted by Gasteiger charge is -2.41. The number of nitrogens with one attached hydrogen (secondary N) is 1. The standard InChI is InChI=1S/C67H52BN2/c1-42-20-18-21-43(2)63(42)47-38-53(51-28-19-32-57-65(51)69-59-33-17-16-31-56(59)67(57)54-29-14-12-26-49(54)50-27-13-15-30-55(50)67)64-62(40-47)70(61-39-46(34-36-58(61)68-64)44-22-8-6-9-23-44)60-37-35-48(66(3,4)5)41-52(60)45-24-10-7-11-25-45/h6-41,69H,1-5H3.